The smallest absolute Gasteiger partial charge is 0.0202 e. The highest BCUT2D eigenvalue weighted by Crippen LogP contribution is 2.44. The molecule has 1 aliphatic carbocycles. The first-order chi connectivity index (χ1) is 11.7. The SMILES string of the molecule is CC.CC.Cc1ccc(C2(c3ccc(C)cc3)CCCCC2)cc1. The normalized spacial score (nSPS) is 15.4. The highest BCUT2D eigenvalue weighted by Gasteiger charge is 2.35. The van der Waals surface area contributed by atoms with Crippen LogP contribution in [0.15, 0.2) is 48.5 Å². The van der Waals surface area contributed by atoms with Gasteiger partial charge in [0.1, 0.15) is 0 Å². The Labute approximate surface area is 150 Å². The molecule has 2 aromatic carbocycles. The van der Waals surface area contributed by atoms with E-state index in [0.717, 1.165) is 0 Å². The lowest BCUT2D eigenvalue weighted by atomic mass is 9.65. The highest BCUT2D eigenvalue weighted by molar-refractivity contribution is 5.41. The van der Waals surface area contributed by atoms with E-state index in [1.807, 2.05) is 27.7 Å². The first-order valence-electron chi connectivity index (χ1n) is 9.85. The minimum Gasteiger partial charge on any atom is -0.0683 e. The topological polar surface area (TPSA) is 0 Å². The van der Waals surface area contributed by atoms with Crippen LogP contribution in [-0.4, -0.2) is 0 Å². The van der Waals surface area contributed by atoms with E-state index in [1.165, 1.54) is 54.4 Å². The Morgan fingerprint density at radius 3 is 1.21 bits per heavy atom. The fourth-order valence-corrected chi connectivity index (χ4v) is 3.64. The predicted molar refractivity (Wildman–Crippen MR) is 109 cm³/mol. The van der Waals surface area contributed by atoms with E-state index in [9.17, 15) is 0 Å². The van der Waals surface area contributed by atoms with Crippen LogP contribution in [0.4, 0.5) is 0 Å². The summed E-state index contributed by atoms with van der Waals surface area (Å²) in [6.45, 7) is 12.3. The van der Waals surface area contributed by atoms with Crippen molar-refractivity contribution in [3.05, 3.63) is 70.8 Å². The summed E-state index contributed by atoms with van der Waals surface area (Å²) >= 11 is 0. The van der Waals surface area contributed by atoms with Gasteiger partial charge in [0, 0.05) is 5.41 Å². The van der Waals surface area contributed by atoms with Crippen molar-refractivity contribution in [1.29, 1.82) is 0 Å². The largest absolute Gasteiger partial charge is 0.0683 e. The van der Waals surface area contributed by atoms with Gasteiger partial charge in [0.2, 0.25) is 0 Å². The Bertz CT molecular complexity index is 506. The predicted octanol–water partition coefficient (Wildman–Crippen LogP) is 7.61. The first-order valence-corrected chi connectivity index (χ1v) is 9.85. The molecule has 2 aromatic rings. The Morgan fingerprint density at radius 2 is 0.875 bits per heavy atom. The molecule has 0 nitrogen and oxygen atoms in total. The molecule has 0 atom stereocenters. The highest BCUT2D eigenvalue weighted by atomic mass is 14.4. The molecule has 132 valence electrons. The third kappa shape index (κ3) is 4.72. The van der Waals surface area contributed by atoms with Crippen LogP contribution >= 0.6 is 0 Å². The summed E-state index contributed by atoms with van der Waals surface area (Å²) in [6, 6.07) is 18.4. The van der Waals surface area contributed by atoms with E-state index in [4.69, 9.17) is 0 Å². The molecule has 0 heterocycles. The van der Waals surface area contributed by atoms with Crippen LogP contribution < -0.4 is 0 Å². The molecule has 0 bridgehead atoms. The van der Waals surface area contributed by atoms with Gasteiger partial charge in [-0.2, -0.15) is 0 Å². The third-order valence-corrected chi connectivity index (χ3v) is 4.92. The second-order valence-corrected chi connectivity index (χ2v) is 6.37. The second-order valence-electron chi connectivity index (χ2n) is 6.37. The summed E-state index contributed by atoms with van der Waals surface area (Å²) in [5, 5.41) is 0. The van der Waals surface area contributed by atoms with Gasteiger partial charge in [0.05, 0.1) is 0 Å². The molecule has 24 heavy (non-hydrogen) atoms. The maximum Gasteiger partial charge on any atom is 0.0202 e. The van der Waals surface area contributed by atoms with Crippen molar-refractivity contribution < 1.29 is 0 Å². The maximum absolute atomic E-state index is 2.35. The van der Waals surface area contributed by atoms with Gasteiger partial charge in [-0.1, -0.05) is 107 Å². The minimum absolute atomic E-state index is 0.250. The van der Waals surface area contributed by atoms with Gasteiger partial charge in [-0.05, 0) is 37.8 Å². The summed E-state index contributed by atoms with van der Waals surface area (Å²) < 4.78 is 0. The van der Waals surface area contributed by atoms with Crippen molar-refractivity contribution in [2.45, 2.75) is 79.1 Å². The summed E-state index contributed by atoms with van der Waals surface area (Å²) in [4.78, 5) is 0. The first kappa shape index (κ1) is 20.5. The van der Waals surface area contributed by atoms with Gasteiger partial charge in [-0.15, -0.1) is 0 Å². The van der Waals surface area contributed by atoms with Crippen LogP contribution in [0.25, 0.3) is 0 Å². The van der Waals surface area contributed by atoms with Crippen LogP contribution in [0.2, 0.25) is 0 Å². The van der Waals surface area contributed by atoms with Gasteiger partial charge < -0.3 is 0 Å². The molecule has 0 aliphatic heterocycles. The van der Waals surface area contributed by atoms with Crippen molar-refractivity contribution in [2.75, 3.05) is 0 Å². The van der Waals surface area contributed by atoms with Gasteiger partial charge in [-0.3, -0.25) is 0 Å². The Hall–Kier alpha value is -1.56. The second kappa shape index (κ2) is 10.3. The number of rotatable bonds is 2. The third-order valence-electron chi connectivity index (χ3n) is 4.92. The lowest BCUT2D eigenvalue weighted by molar-refractivity contribution is 0.346. The van der Waals surface area contributed by atoms with E-state index in [2.05, 4.69) is 62.4 Å². The van der Waals surface area contributed by atoms with Crippen LogP contribution in [0.1, 0.15) is 82.1 Å². The van der Waals surface area contributed by atoms with Gasteiger partial charge in [-0.25, -0.2) is 0 Å². The van der Waals surface area contributed by atoms with Gasteiger partial charge >= 0.3 is 0 Å². The fourth-order valence-electron chi connectivity index (χ4n) is 3.64. The summed E-state index contributed by atoms with van der Waals surface area (Å²) in [5.74, 6) is 0. The Kier molecular flexibility index (Phi) is 8.82. The van der Waals surface area contributed by atoms with Crippen LogP contribution in [0, 0.1) is 13.8 Å². The zero-order valence-corrected chi connectivity index (χ0v) is 16.7. The summed E-state index contributed by atoms with van der Waals surface area (Å²) in [6.07, 6.45) is 6.67. The molecule has 0 heteroatoms. The van der Waals surface area contributed by atoms with Crippen LogP contribution in [-0.2, 0) is 5.41 Å². The van der Waals surface area contributed by atoms with E-state index in [1.54, 1.807) is 0 Å². The molecule has 1 aliphatic rings. The molecule has 0 saturated heterocycles. The van der Waals surface area contributed by atoms with E-state index in [0.29, 0.717) is 0 Å². The van der Waals surface area contributed by atoms with E-state index >= 15 is 0 Å². The van der Waals surface area contributed by atoms with Crippen molar-refractivity contribution in [1.82, 2.24) is 0 Å². The van der Waals surface area contributed by atoms with Crippen LogP contribution in [0.3, 0.4) is 0 Å². The van der Waals surface area contributed by atoms with Crippen molar-refractivity contribution in [3.8, 4) is 0 Å². The van der Waals surface area contributed by atoms with Crippen molar-refractivity contribution in [3.63, 3.8) is 0 Å². The lowest BCUT2D eigenvalue weighted by Crippen LogP contribution is -2.30. The van der Waals surface area contributed by atoms with Crippen LogP contribution in [0.5, 0.6) is 0 Å². The zero-order chi connectivity index (χ0) is 18.0. The number of aryl methyl sites for hydroxylation is 2. The molecular weight excluding hydrogens is 288 g/mol. The number of benzene rings is 2. The summed E-state index contributed by atoms with van der Waals surface area (Å²) in [7, 11) is 0. The molecular formula is C24H36. The van der Waals surface area contributed by atoms with Crippen molar-refractivity contribution in [2.24, 2.45) is 0 Å². The molecule has 0 amide bonds. The summed E-state index contributed by atoms with van der Waals surface area (Å²) in [5.41, 5.74) is 5.96. The molecule has 1 fully saturated rings. The van der Waals surface area contributed by atoms with E-state index < -0.39 is 0 Å². The standard InChI is InChI=1S/C20H24.2C2H6/c1-16-6-10-18(11-7-16)20(14-4-3-5-15-20)19-12-8-17(2)9-13-19;2*1-2/h6-13H,3-5,14-15H2,1-2H3;2*1-2H3. The van der Waals surface area contributed by atoms with Crippen molar-refractivity contribution >= 4 is 0 Å². The number of hydrogen-bond acceptors (Lipinski definition) is 0. The molecule has 1 saturated carbocycles. The quantitative estimate of drug-likeness (QED) is 0.533. The van der Waals surface area contributed by atoms with E-state index in [-0.39, 0.29) is 5.41 Å². The molecule has 0 aromatic heterocycles. The molecule has 0 unspecified atom stereocenters. The maximum atomic E-state index is 2.35. The Morgan fingerprint density at radius 1 is 0.542 bits per heavy atom. The molecule has 3 rings (SSSR count). The average molecular weight is 325 g/mol. The molecule has 0 spiro atoms. The molecule has 0 N–H and O–H groups in total. The minimum atomic E-state index is 0.250. The average Bonchev–Trinajstić information content (AvgIpc) is 2.67. The zero-order valence-electron chi connectivity index (χ0n) is 16.7. The van der Waals surface area contributed by atoms with Gasteiger partial charge in [0.25, 0.3) is 0 Å². The number of hydrogen-bond donors (Lipinski definition) is 0. The Balaban J connectivity index is 0.000000671. The lowest BCUT2D eigenvalue weighted by Gasteiger charge is -2.38. The van der Waals surface area contributed by atoms with Gasteiger partial charge in [0.15, 0.2) is 0 Å². The fraction of sp³-hybridized carbons (Fsp3) is 0.500. The molecule has 0 radical (unpaired) electrons. The monoisotopic (exact) mass is 324 g/mol.